The fourth-order valence-electron chi connectivity index (χ4n) is 4.20. The molecule has 0 atom stereocenters. The number of nitrogens with two attached hydrogens (primary N) is 1. The molecule has 0 bridgehead atoms. The minimum absolute atomic E-state index is 0.0509. The van der Waals surface area contributed by atoms with Gasteiger partial charge in [-0.25, -0.2) is 0 Å². The Morgan fingerprint density at radius 1 is 1.00 bits per heavy atom. The predicted molar refractivity (Wildman–Crippen MR) is 130 cm³/mol. The number of benzene rings is 3. The van der Waals surface area contributed by atoms with Crippen molar-refractivity contribution in [3.8, 4) is 11.1 Å². The lowest BCUT2D eigenvalue weighted by atomic mass is 9.96. The number of aryl methyl sites for hydroxylation is 1. The van der Waals surface area contributed by atoms with E-state index in [2.05, 4.69) is 15.4 Å². The van der Waals surface area contributed by atoms with E-state index in [1.807, 2.05) is 67.6 Å². The number of rotatable bonds is 5. The molecule has 6 heteroatoms. The van der Waals surface area contributed by atoms with Gasteiger partial charge in [-0.3, -0.25) is 4.79 Å². The fraction of sp³-hybridized carbons (Fsp3) is 0.231. The van der Waals surface area contributed by atoms with E-state index in [0.717, 1.165) is 35.5 Å². The van der Waals surface area contributed by atoms with Gasteiger partial charge in [-0.05, 0) is 73.2 Å². The largest absolute Gasteiger partial charge is 0.409 e. The fourth-order valence-corrected chi connectivity index (χ4v) is 4.20. The Bertz CT molecular complexity index is 1140. The van der Waals surface area contributed by atoms with Gasteiger partial charge in [-0.1, -0.05) is 41.6 Å². The number of nitrogens with one attached hydrogen (secondary N) is 1. The first-order valence-corrected chi connectivity index (χ1v) is 10.9. The normalized spacial score (nSPS) is 14.3. The molecule has 32 heavy (non-hydrogen) atoms. The average molecular weight is 429 g/mol. The van der Waals surface area contributed by atoms with Crippen molar-refractivity contribution in [2.24, 2.45) is 10.9 Å². The van der Waals surface area contributed by atoms with Gasteiger partial charge in [-0.15, -0.1) is 0 Å². The van der Waals surface area contributed by atoms with Crippen molar-refractivity contribution < 1.29 is 10.0 Å². The second-order valence-electron chi connectivity index (χ2n) is 8.12. The number of anilines is 2. The van der Waals surface area contributed by atoms with Crippen LogP contribution in [0.15, 0.2) is 71.9 Å². The zero-order valence-corrected chi connectivity index (χ0v) is 18.2. The SMILES string of the molecule is Cc1cc(/C(N)=N/O)c(NC(=O)c2cccc(N3CCCCC3)c2)cc1-c1ccccc1. The summed E-state index contributed by atoms with van der Waals surface area (Å²) < 4.78 is 0. The molecule has 1 amide bonds. The van der Waals surface area contributed by atoms with Crippen molar-refractivity contribution >= 4 is 23.1 Å². The van der Waals surface area contributed by atoms with E-state index >= 15 is 0 Å². The monoisotopic (exact) mass is 428 g/mol. The lowest BCUT2D eigenvalue weighted by Gasteiger charge is -2.29. The number of oxime groups is 1. The number of carbonyl (C=O) groups excluding carboxylic acids is 1. The summed E-state index contributed by atoms with van der Waals surface area (Å²) in [5.41, 5.74) is 11.5. The van der Waals surface area contributed by atoms with Crippen LogP contribution in [0.4, 0.5) is 11.4 Å². The van der Waals surface area contributed by atoms with Crippen LogP contribution in [0.3, 0.4) is 0 Å². The maximum atomic E-state index is 13.2. The van der Waals surface area contributed by atoms with Crippen LogP contribution < -0.4 is 16.0 Å². The molecule has 0 unspecified atom stereocenters. The Hall–Kier alpha value is -3.80. The van der Waals surface area contributed by atoms with Gasteiger partial charge >= 0.3 is 0 Å². The number of carbonyl (C=O) groups is 1. The minimum Gasteiger partial charge on any atom is -0.409 e. The molecule has 164 valence electrons. The first kappa shape index (κ1) is 21.4. The highest BCUT2D eigenvalue weighted by atomic mass is 16.4. The minimum atomic E-state index is -0.237. The van der Waals surface area contributed by atoms with Crippen LogP contribution in [-0.4, -0.2) is 30.0 Å². The van der Waals surface area contributed by atoms with Crippen molar-refractivity contribution in [3.63, 3.8) is 0 Å². The van der Waals surface area contributed by atoms with Crippen molar-refractivity contribution in [3.05, 3.63) is 83.4 Å². The maximum absolute atomic E-state index is 13.2. The third-order valence-electron chi connectivity index (χ3n) is 5.91. The van der Waals surface area contributed by atoms with Gasteiger partial charge in [0.25, 0.3) is 5.91 Å². The highest BCUT2D eigenvalue weighted by Gasteiger charge is 2.17. The van der Waals surface area contributed by atoms with E-state index in [1.54, 1.807) is 6.07 Å². The molecular weight excluding hydrogens is 400 g/mol. The summed E-state index contributed by atoms with van der Waals surface area (Å²) in [4.78, 5) is 15.5. The highest BCUT2D eigenvalue weighted by molar-refractivity contribution is 6.10. The molecule has 3 aromatic carbocycles. The summed E-state index contributed by atoms with van der Waals surface area (Å²) in [5, 5.41) is 15.4. The van der Waals surface area contributed by atoms with E-state index in [1.165, 1.54) is 19.3 Å². The molecule has 3 aromatic rings. The van der Waals surface area contributed by atoms with Gasteiger partial charge in [0.05, 0.1) is 5.69 Å². The summed E-state index contributed by atoms with van der Waals surface area (Å²) in [6.07, 6.45) is 3.60. The molecule has 0 radical (unpaired) electrons. The van der Waals surface area contributed by atoms with Gasteiger partial charge in [-0.2, -0.15) is 0 Å². The van der Waals surface area contributed by atoms with Crippen molar-refractivity contribution in [1.29, 1.82) is 0 Å². The lowest BCUT2D eigenvalue weighted by molar-refractivity contribution is 0.102. The number of amides is 1. The standard InChI is InChI=1S/C26H28N4O2/c1-18-15-23(25(27)29-32)24(17-22(18)19-9-4-2-5-10-19)28-26(31)20-11-8-12-21(16-20)30-13-6-3-7-14-30/h2,4-5,8-12,15-17,32H,3,6-7,13-14H2,1H3,(H2,27,29)(H,28,31). The number of hydrogen-bond acceptors (Lipinski definition) is 4. The number of hydrogen-bond donors (Lipinski definition) is 3. The molecule has 1 aliphatic rings. The molecule has 1 heterocycles. The third kappa shape index (κ3) is 4.59. The Balaban J connectivity index is 1.67. The zero-order chi connectivity index (χ0) is 22.5. The first-order valence-electron chi connectivity index (χ1n) is 10.9. The summed E-state index contributed by atoms with van der Waals surface area (Å²) in [6.45, 7) is 3.98. The summed E-state index contributed by atoms with van der Waals surface area (Å²) in [7, 11) is 0. The Kier molecular flexibility index (Phi) is 6.40. The Labute approximate surface area is 188 Å². The quantitative estimate of drug-likeness (QED) is 0.231. The average Bonchev–Trinajstić information content (AvgIpc) is 2.85. The molecule has 0 saturated carbocycles. The lowest BCUT2D eigenvalue weighted by Crippen LogP contribution is -2.29. The van der Waals surface area contributed by atoms with Crippen LogP contribution in [0, 0.1) is 6.92 Å². The van der Waals surface area contributed by atoms with Crippen LogP contribution in [0.1, 0.15) is 40.7 Å². The van der Waals surface area contributed by atoms with Gasteiger partial charge in [0.2, 0.25) is 0 Å². The van der Waals surface area contributed by atoms with Crippen LogP contribution in [0.2, 0.25) is 0 Å². The number of nitrogens with zero attached hydrogens (tertiary/aromatic N) is 2. The van der Waals surface area contributed by atoms with E-state index in [9.17, 15) is 10.0 Å². The van der Waals surface area contributed by atoms with Crippen LogP contribution in [0.5, 0.6) is 0 Å². The molecule has 6 nitrogen and oxygen atoms in total. The Morgan fingerprint density at radius 3 is 2.47 bits per heavy atom. The second-order valence-corrected chi connectivity index (χ2v) is 8.12. The van der Waals surface area contributed by atoms with Crippen molar-refractivity contribution in [2.75, 3.05) is 23.3 Å². The summed E-state index contributed by atoms with van der Waals surface area (Å²) >= 11 is 0. The van der Waals surface area contributed by atoms with Crippen molar-refractivity contribution in [2.45, 2.75) is 26.2 Å². The van der Waals surface area contributed by atoms with E-state index < -0.39 is 0 Å². The second kappa shape index (κ2) is 9.56. The van der Waals surface area contributed by atoms with E-state index in [-0.39, 0.29) is 11.7 Å². The smallest absolute Gasteiger partial charge is 0.255 e. The van der Waals surface area contributed by atoms with Crippen molar-refractivity contribution in [1.82, 2.24) is 0 Å². The van der Waals surface area contributed by atoms with Crippen LogP contribution in [0.25, 0.3) is 11.1 Å². The topological polar surface area (TPSA) is 91.0 Å². The summed E-state index contributed by atoms with van der Waals surface area (Å²) in [5.74, 6) is -0.288. The van der Waals surface area contributed by atoms with E-state index in [0.29, 0.717) is 16.8 Å². The van der Waals surface area contributed by atoms with Gasteiger partial charge in [0.1, 0.15) is 0 Å². The van der Waals surface area contributed by atoms with E-state index in [4.69, 9.17) is 5.73 Å². The molecule has 1 saturated heterocycles. The number of amidine groups is 1. The highest BCUT2D eigenvalue weighted by Crippen LogP contribution is 2.30. The van der Waals surface area contributed by atoms with Gasteiger partial charge in [0, 0.05) is 29.9 Å². The molecule has 0 aliphatic carbocycles. The molecule has 1 aliphatic heterocycles. The van der Waals surface area contributed by atoms with Crippen LogP contribution in [-0.2, 0) is 0 Å². The van der Waals surface area contributed by atoms with Crippen LogP contribution >= 0.6 is 0 Å². The molecule has 0 spiro atoms. The molecule has 1 fully saturated rings. The maximum Gasteiger partial charge on any atom is 0.255 e. The zero-order valence-electron chi connectivity index (χ0n) is 18.2. The summed E-state index contributed by atoms with van der Waals surface area (Å²) in [6, 6.07) is 21.3. The molecule has 0 aromatic heterocycles. The molecular formula is C26H28N4O2. The molecule has 4 N–H and O–H groups in total. The first-order chi connectivity index (χ1) is 15.6. The number of piperidine rings is 1. The van der Waals surface area contributed by atoms with Gasteiger partial charge in [0.15, 0.2) is 5.84 Å². The third-order valence-corrected chi connectivity index (χ3v) is 5.91. The van der Waals surface area contributed by atoms with Gasteiger partial charge < -0.3 is 21.2 Å². The predicted octanol–water partition coefficient (Wildman–Crippen LogP) is 5.00. The Morgan fingerprint density at radius 2 is 1.75 bits per heavy atom. The molecule has 4 rings (SSSR count).